The van der Waals surface area contributed by atoms with Crippen LogP contribution in [0.1, 0.15) is 17.3 Å². The Morgan fingerprint density at radius 3 is 2.48 bits per heavy atom. The molecule has 0 aliphatic carbocycles. The fraction of sp³-hybridized carbons (Fsp3) is 0.167. The lowest BCUT2D eigenvalue weighted by Gasteiger charge is -2.09. The second-order valence-electron chi connectivity index (χ2n) is 5.09. The number of thioether (sulfide) groups is 1. The summed E-state index contributed by atoms with van der Waals surface area (Å²) in [6.07, 6.45) is 0. The number of anilines is 1. The molecule has 0 saturated carbocycles. The summed E-state index contributed by atoms with van der Waals surface area (Å²) >= 11 is 1.22. The average Bonchev–Trinajstić information content (AvgIpc) is 2.60. The molecule has 0 atom stereocenters. The topological polar surface area (TPSA) is 72.5 Å². The van der Waals surface area contributed by atoms with Crippen molar-refractivity contribution >= 4 is 35.1 Å². The Balaban J connectivity index is 1.95. The molecule has 5 nitrogen and oxygen atoms in total. The fourth-order valence-electron chi connectivity index (χ4n) is 1.90. The van der Waals surface area contributed by atoms with E-state index in [9.17, 15) is 18.8 Å². The quantitative estimate of drug-likeness (QED) is 0.605. The van der Waals surface area contributed by atoms with E-state index in [0.29, 0.717) is 4.90 Å². The van der Waals surface area contributed by atoms with E-state index in [2.05, 4.69) is 5.32 Å². The number of carbonyl (C=O) groups is 3. The second kappa shape index (κ2) is 8.98. The van der Waals surface area contributed by atoms with Crippen molar-refractivity contribution in [3.8, 4) is 0 Å². The van der Waals surface area contributed by atoms with Crippen molar-refractivity contribution in [1.82, 2.24) is 0 Å². The van der Waals surface area contributed by atoms with Crippen LogP contribution in [0.3, 0.4) is 0 Å². The van der Waals surface area contributed by atoms with Gasteiger partial charge in [0.05, 0.1) is 17.0 Å². The van der Waals surface area contributed by atoms with Gasteiger partial charge in [-0.05, 0) is 31.2 Å². The number of ketones is 1. The maximum Gasteiger partial charge on any atom is 0.339 e. The van der Waals surface area contributed by atoms with E-state index < -0.39 is 24.3 Å². The minimum absolute atomic E-state index is 0.0148. The normalized spacial score (nSPS) is 10.2. The first-order chi connectivity index (χ1) is 12.0. The highest BCUT2D eigenvalue weighted by molar-refractivity contribution is 8.00. The number of hydrogen-bond acceptors (Lipinski definition) is 5. The van der Waals surface area contributed by atoms with Crippen LogP contribution in [0.4, 0.5) is 10.1 Å². The van der Waals surface area contributed by atoms with Crippen molar-refractivity contribution in [2.24, 2.45) is 0 Å². The lowest BCUT2D eigenvalue weighted by molar-refractivity contribution is -0.119. The number of rotatable bonds is 7. The third-order valence-corrected chi connectivity index (χ3v) is 4.24. The number of benzene rings is 2. The maximum atomic E-state index is 13.5. The van der Waals surface area contributed by atoms with Gasteiger partial charge < -0.3 is 10.1 Å². The molecule has 2 rings (SSSR count). The van der Waals surface area contributed by atoms with E-state index in [1.807, 2.05) is 0 Å². The molecular formula is C18H16FNO4S. The van der Waals surface area contributed by atoms with E-state index in [-0.39, 0.29) is 22.8 Å². The molecule has 2 aromatic rings. The van der Waals surface area contributed by atoms with Crippen molar-refractivity contribution in [3.63, 3.8) is 0 Å². The molecule has 0 aromatic heterocycles. The van der Waals surface area contributed by atoms with E-state index in [4.69, 9.17) is 4.74 Å². The molecule has 0 aliphatic rings. The van der Waals surface area contributed by atoms with Crippen LogP contribution >= 0.6 is 11.8 Å². The highest BCUT2D eigenvalue weighted by atomic mass is 32.2. The van der Waals surface area contributed by atoms with Crippen LogP contribution in [0, 0.1) is 5.82 Å². The van der Waals surface area contributed by atoms with Crippen molar-refractivity contribution < 1.29 is 23.5 Å². The van der Waals surface area contributed by atoms with Crippen LogP contribution in [0.25, 0.3) is 0 Å². The highest BCUT2D eigenvalue weighted by Crippen LogP contribution is 2.23. The second-order valence-corrected chi connectivity index (χ2v) is 6.11. The Bertz CT molecular complexity index is 794. The van der Waals surface area contributed by atoms with Crippen LogP contribution in [-0.4, -0.2) is 30.0 Å². The first kappa shape index (κ1) is 18.7. The molecule has 7 heteroatoms. The molecule has 25 heavy (non-hydrogen) atoms. The molecule has 0 saturated heterocycles. The van der Waals surface area contributed by atoms with Gasteiger partial charge in [0.2, 0.25) is 0 Å². The molecule has 0 aliphatic heterocycles. The molecular weight excluding hydrogens is 345 g/mol. The number of hydrogen-bond donors (Lipinski definition) is 1. The predicted molar refractivity (Wildman–Crippen MR) is 93.2 cm³/mol. The summed E-state index contributed by atoms with van der Waals surface area (Å²) in [5.74, 6) is -1.69. The third kappa shape index (κ3) is 5.72. The van der Waals surface area contributed by atoms with Crippen LogP contribution in [0.15, 0.2) is 53.4 Å². The first-order valence-corrected chi connectivity index (χ1v) is 8.38. The predicted octanol–water partition coefficient (Wildman–Crippen LogP) is 3.30. The molecule has 130 valence electrons. The standard InChI is InChI=1S/C18H16FNO4S/c1-12(21)11-25-16-9-5-2-6-13(16)18(23)24-10-17(22)20-15-8-4-3-7-14(15)19/h2-9H,10-11H2,1H3,(H,20,22). The van der Waals surface area contributed by atoms with Crippen molar-refractivity contribution in [1.29, 1.82) is 0 Å². The third-order valence-electron chi connectivity index (χ3n) is 3.02. The molecule has 1 N–H and O–H groups in total. The summed E-state index contributed by atoms with van der Waals surface area (Å²) in [6, 6.07) is 12.3. The number of Topliss-reactive ketones (excluding diaryl/α,β-unsaturated/α-hetero) is 1. The van der Waals surface area contributed by atoms with E-state index in [0.717, 1.165) is 0 Å². The van der Waals surface area contributed by atoms with Gasteiger partial charge in [-0.25, -0.2) is 9.18 Å². The Morgan fingerprint density at radius 2 is 1.76 bits per heavy atom. The van der Waals surface area contributed by atoms with Crippen LogP contribution in [-0.2, 0) is 14.3 Å². The Labute approximate surface area is 148 Å². The number of para-hydroxylation sites is 1. The van der Waals surface area contributed by atoms with Crippen molar-refractivity contribution in [2.45, 2.75) is 11.8 Å². The lowest BCUT2D eigenvalue weighted by Crippen LogP contribution is -2.21. The van der Waals surface area contributed by atoms with Gasteiger partial charge in [0.25, 0.3) is 5.91 Å². The number of amides is 1. The van der Waals surface area contributed by atoms with Gasteiger partial charge in [-0.3, -0.25) is 9.59 Å². The zero-order valence-electron chi connectivity index (χ0n) is 13.5. The van der Waals surface area contributed by atoms with Gasteiger partial charge in [-0.1, -0.05) is 24.3 Å². The minimum Gasteiger partial charge on any atom is -0.452 e. The maximum absolute atomic E-state index is 13.5. The largest absolute Gasteiger partial charge is 0.452 e. The average molecular weight is 361 g/mol. The smallest absolute Gasteiger partial charge is 0.339 e. The zero-order valence-corrected chi connectivity index (χ0v) is 14.3. The number of ether oxygens (including phenoxy) is 1. The van der Waals surface area contributed by atoms with Gasteiger partial charge in [0, 0.05) is 4.90 Å². The van der Waals surface area contributed by atoms with Crippen molar-refractivity contribution in [2.75, 3.05) is 17.7 Å². The molecule has 0 spiro atoms. The number of carbonyl (C=O) groups excluding carboxylic acids is 3. The van der Waals surface area contributed by atoms with Crippen LogP contribution < -0.4 is 5.32 Å². The summed E-state index contributed by atoms with van der Waals surface area (Å²) < 4.78 is 18.4. The Hall–Kier alpha value is -2.67. The van der Waals surface area contributed by atoms with Gasteiger partial charge >= 0.3 is 5.97 Å². The molecule has 2 aromatic carbocycles. The van der Waals surface area contributed by atoms with Crippen molar-refractivity contribution in [3.05, 3.63) is 59.9 Å². The van der Waals surface area contributed by atoms with Gasteiger partial charge in [-0.15, -0.1) is 11.8 Å². The first-order valence-electron chi connectivity index (χ1n) is 7.40. The number of esters is 1. The highest BCUT2D eigenvalue weighted by Gasteiger charge is 2.15. The van der Waals surface area contributed by atoms with Crippen LogP contribution in [0.2, 0.25) is 0 Å². The fourth-order valence-corrected chi connectivity index (χ4v) is 2.74. The van der Waals surface area contributed by atoms with Gasteiger partial charge in [0.1, 0.15) is 11.6 Å². The summed E-state index contributed by atoms with van der Waals surface area (Å²) in [6.45, 7) is 0.917. The monoisotopic (exact) mass is 361 g/mol. The minimum atomic E-state index is -0.685. The summed E-state index contributed by atoms with van der Waals surface area (Å²) in [5, 5.41) is 2.33. The molecule has 0 radical (unpaired) electrons. The SMILES string of the molecule is CC(=O)CSc1ccccc1C(=O)OCC(=O)Nc1ccccc1F. The van der Waals surface area contributed by atoms with E-state index in [1.54, 1.807) is 30.3 Å². The number of nitrogens with one attached hydrogen (secondary N) is 1. The van der Waals surface area contributed by atoms with Crippen LogP contribution in [0.5, 0.6) is 0 Å². The molecule has 1 amide bonds. The molecule has 0 heterocycles. The summed E-state index contributed by atoms with van der Waals surface area (Å²) in [7, 11) is 0. The lowest BCUT2D eigenvalue weighted by atomic mass is 10.2. The summed E-state index contributed by atoms with van der Waals surface area (Å²) in [5.41, 5.74) is 0.286. The van der Waals surface area contributed by atoms with Gasteiger partial charge in [0.15, 0.2) is 6.61 Å². The zero-order chi connectivity index (χ0) is 18.2. The Kier molecular flexibility index (Phi) is 6.71. The van der Waals surface area contributed by atoms with E-state index >= 15 is 0 Å². The Morgan fingerprint density at radius 1 is 1.08 bits per heavy atom. The summed E-state index contributed by atoms with van der Waals surface area (Å²) in [4.78, 5) is 35.6. The molecule has 0 unspecified atom stereocenters. The van der Waals surface area contributed by atoms with Gasteiger partial charge in [-0.2, -0.15) is 0 Å². The molecule has 0 bridgehead atoms. The molecule has 0 fully saturated rings. The number of halogens is 1. The van der Waals surface area contributed by atoms with E-state index in [1.165, 1.54) is 36.9 Å².